The fourth-order valence-electron chi connectivity index (χ4n) is 2.24. The number of carbonyl (C=O) groups excluding carboxylic acids is 1. The third kappa shape index (κ3) is 3.33. The second-order valence-electron chi connectivity index (χ2n) is 5.11. The lowest BCUT2D eigenvalue weighted by molar-refractivity contribution is -0.112. The van der Waals surface area contributed by atoms with Crippen molar-refractivity contribution in [3.05, 3.63) is 59.2 Å². The molecule has 1 N–H and O–H groups in total. The largest absolute Gasteiger partial charge is 0.454 e. The number of hydrogen-bond acceptors (Lipinski definition) is 4. The fourth-order valence-corrected chi connectivity index (χ4v) is 2.24. The summed E-state index contributed by atoms with van der Waals surface area (Å²) in [6.45, 7) is 2.12. The summed E-state index contributed by atoms with van der Waals surface area (Å²) in [4.78, 5) is 12.2. The quantitative estimate of drug-likeness (QED) is 0.698. The molecule has 0 saturated heterocycles. The molecule has 1 amide bonds. The highest BCUT2D eigenvalue weighted by atomic mass is 16.7. The minimum absolute atomic E-state index is 0.0189. The Morgan fingerprint density at radius 3 is 2.83 bits per heavy atom. The van der Waals surface area contributed by atoms with Crippen molar-refractivity contribution in [1.82, 2.24) is 0 Å². The summed E-state index contributed by atoms with van der Waals surface area (Å²) in [5.74, 6) is 0.816. The third-order valence-electron chi connectivity index (χ3n) is 3.35. The van der Waals surface area contributed by atoms with Gasteiger partial charge in [-0.2, -0.15) is 5.26 Å². The van der Waals surface area contributed by atoms with Crippen LogP contribution >= 0.6 is 0 Å². The van der Waals surface area contributed by atoms with Crippen LogP contribution in [0.2, 0.25) is 0 Å². The van der Waals surface area contributed by atoms with Gasteiger partial charge in [0, 0.05) is 5.69 Å². The number of fused-ring (bicyclic) bond motifs is 1. The molecule has 0 atom stereocenters. The van der Waals surface area contributed by atoms with Crippen LogP contribution in [0.4, 0.5) is 5.69 Å². The molecule has 1 heterocycles. The van der Waals surface area contributed by atoms with Crippen LogP contribution in [0, 0.1) is 18.3 Å². The molecule has 2 aromatic carbocycles. The Hall–Kier alpha value is -3.26. The van der Waals surface area contributed by atoms with Crippen molar-refractivity contribution < 1.29 is 14.3 Å². The molecule has 1 aliphatic heterocycles. The number of rotatable bonds is 3. The highest BCUT2D eigenvalue weighted by Gasteiger charge is 2.14. The van der Waals surface area contributed by atoms with Crippen LogP contribution in [0.15, 0.2) is 48.0 Å². The highest BCUT2D eigenvalue weighted by molar-refractivity contribution is 6.09. The van der Waals surface area contributed by atoms with E-state index in [2.05, 4.69) is 5.32 Å². The smallest absolute Gasteiger partial charge is 0.266 e. The summed E-state index contributed by atoms with van der Waals surface area (Å²) in [7, 11) is 0. The molecule has 23 heavy (non-hydrogen) atoms. The first-order valence-electron chi connectivity index (χ1n) is 7.05. The molecule has 5 heteroatoms. The molecule has 0 spiro atoms. The number of ether oxygens (including phenoxy) is 2. The van der Waals surface area contributed by atoms with E-state index in [0.29, 0.717) is 22.7 Å². The number of nitrogens with one attached hydrogen (secondary N) is 1. The Bertz CT molecular complexity index is 834. The van der Waals surface area contributed by atoms with Crippen LogP contribution in [-0.4, -0.2) is 12.7 Å². The zero-order valence-electron chi connectivity index (χ0n) is 12.5. The average molecular weight is 306 g/mol. The van der Waals surface area contributed by atoms with Gasteiger partial charge in [-0.1, -0.05) is 18.2 Å². The predicted octanol–water partition coefficient (Wildman–Crippen LogP) is 3.27. The minimum Gasteiger partial charge on any atom is -0.454 e. The Labute approximate surface area is 133 Å². The van der Waals surface area contributed by atoms with Crippen molar-refractivity contribution in [2.45, 2.75) is 6.92 Å². The van der Waals surface area contributed by atoms with Gasteiger partial charge in [-0.25, -0.2) is 0 Å². The molecule has 0 radical (unpaired) electrons. The van der Waals surface area contributed by atoms with Crippen molar-refractivity contribution >= 4 is 17.7 Å². The van der Waals surface area contributed by atoms with Crippen LogP contribution in [0.25, 0.3) is 6.08 Å². The Morgan fingerprint density at radius 2 is 2.04 bits per heavy atom. The molecule has 0 aliphatic carbocycles. The lowest BCUT2D eigenvalue weighted by atomic mass is 10.1. The Morgan fingerprint density at radius 1 is 1.22 bits per heavy atom. The van der Waals surface area contributed by atoms with Gasteiger partial charge in [0.1, 0.15) is 11.6 Å². The molecule has 0 unspecified atom stereocenters. The molecular weight excluding hydrogens is 292 g/mol. The number of carbonyl (C=O) groups is 1. The maximum absolute atomic E-state index is 12.2. The van der Waals surface area contributed by atoms with E-state index >= 15 is 0 Å². The highest BCUT2D eigenvalue weighted by Crippen LogP contribution is 2.33. The monoisotopic (exact) mass is 306 g/mol. The number of aryl methyl sites for hydroxylation is 1. The molecule has 0 fully saturated rings. The van der Waals surface area contributed by atoms with Crippen LogP contribution < -0.4 is 14.8 Å². The van der Waals surface area contributed by atoms with Crippen molar-refractivity contribution in [1.29, 1.82) is 5.26 Å². The first-order valence-corrected chi connectivity index (χ1v) is 7.05. The predicted molar refractivity (Wildman–Crippen MR) is 86.0 cm³/mol. The SMILES string of the molecule is Cc1cccc(NC(=O)/C(C#N)=C/c2ccc3c(c2)OCO3)c1. The van der Waals surface area contributed by atoms with Gasteiger partial charge in [-0.3, -0.25) is 4.79 Å². The first kappa shape index (κ1) is 14.7. The standard InChI is InChI=1S/C18H14N2O3/c1-12-3-2-4-15(7-12)20-18(21)14(10-19)8-13-5-6-16-17(9-13)23-11-22-16/h2-9H,11H2,1H3,(H,20,21)/b14-8+. The van der Waals surface area contributed by atoms with E-state index < -0.39 is 5.91 Å². The summed E-state index contributed by atoms with van der Waals surface area (Å²) >= 11 is 0. The molecule has 0 aromatic heterocycles. The van der Waals surface area contributed by atoms with E-state index in [9.17, 15) is 10.1 Å². The summed E-state index contributed by atoms with van der Waals surface area (Å²) in [5.41, 5.74) is 2.40. The van der Waals surface area contributed by atoms with E-state index in [-0.39, 0.29) is 12.4 Å². The van der Waals surface area contributed by atoms with Gasteiger partial charge < -0.3 is 14.8 Å². The van der Waals surface area contributed by atoms with Gasteiger partial charge in [-0.15, -0.1) is 0 Å². The number of nitriles is 1. The fraction of sp³-hybridized carbons (Fsp3) is 0.111. The van der Waals surface area contributed by atoms with E-state index in [1.165, 1.54) is 6.08 Å². The number of hydrogen-bond donors (Lipinski definition) is 1. The van der Waals surface area contributed by atoms with Crippen molar-refractivity contribution in [3.8, 4) is 17.6 Å². The molecule has 1 aliphatic rings. The Balaban J connectivity index is 1.81. The van der Waals surface area contributed by atoms with Crippen molar-refractivity contribution in [2.24, 2.45) is 0 Å². The van der Waals surface area contributed by atoms with Gasteiger partial charge in [0.25, 0.3) is 5.91 Å². The molecular formula is C18H14N2O3. The zero-order chi connectivity index (χ0) is 16.2. The number of benzene rings is 2. The molecule has 114 valence electrons. The maximum atomic E-state index is 12.2. The normalized spacial score (nSPS) is 12.6. The van der Waals surface area contributed by atoms with Crippen LogP contribution in [0.1, 0.15) is 11.1 Å². The van der Waals surface area contributed by atoms with E-state index in [1.807, 2.05) is 31.2 Å². The molecule has 0 bridgehead atoms. The molecule has 0 saturated carbocycles. The Kier molecular flexibility index (Phi) is 3.98. The second-order valence-corrected chi connectivity index (χ2v) is 5.11. The molecule has 2 aromatic rings. The topological polar surface area (TPSA) is 71.4 Å². The summed E-state index contributed by atoms with van der Waals surface area (Å²) < 4.78 is 10.5. The molecule has 3 rings (SSSR count). The van der Waals surface area contributed by atoms with Gasteiger partial charge >= 0.3 is 0 Å². The van der Waals surface area contributed by atoms with E-state index in [0.717, 1.165) is 5.56 Å². The van der Waals surface area contributed by atoms with Gasteiger partial charge in [0.05, 0.1) is 0 Å². The van der Waals surface area contributed by atoms with E-state index in [1.54, 1.807) is 24.3 Å². The van der Waals surface area contributed by atoms with Crippen LogP contribution in [0.3, 0.4) is 0 Å². The number of amides is 1. The van der Waals surface area contributed by atoms with Crippen molar-refractivity contribution in [2.75, 3.05) is 12.1 Å². The summed E-state index contributed by atoms with van der Waals surface area (Å²) in [6.07, 6.45) is 1.52. The second kappa shape index (κ2) is 6.24. The van der Waals surface area contributed by atoms with Crippen LogP contribution in [-0.2, 0) is 4.79 Å². The van der Waals surface area contributed by atoms with Gasteiger partial charge in [-0.05, 0) is 48.4 Å². The summed E-state index contributed by atoms with van der Waals surface area (Å²) in [5, 5.41) is 12.0. The lowest BCUT2D eigenvalue weighted by Crippen LogP contribution is -2.13. The van der Waals surface area contributed by atoms with Crippen LogP contribution in [0.5, 0.6) is 11.5 Å². The lowest BCUT2D eigenvalue weighted by Gasteiger charge is -2.05. The number of anilines is 1. The maximum Gasteiger partial charge on any atom is 0.266 e. The van der Waals surface area contributed by atoms with Crippen molar-refractivity contribution in [3.63, 3.8) is 0 Å². The van der Waals surface area contributed by atoms with Gasteiger partial charge in [0.15, 0.2) is 11.5 Å². The number of nitrogens with zero attached hydrogens (tertiary/aromatic N) is 1. The first-order chi connectivity index (χ1) is 11.2. The minimum atomic E-state index is -0.448. The third-order valence-corrected chi connectivity index (χ3v) is 3.35. The van der Waals surface area contributed by atoms with Gasteiger partial charge in [0.2, 0.25) is 6.79 Å². The zero-order valence-corrected chi connectivity index (χ0v) is 12.5. The van der Waals surface area contributed by atoms with E-state index in [4.69, 9.17) is 9.47 Å². The average Bonchev–Trinajstić information content (AvgIpc) is 3.00. The molecule has 5 nitrogen and oxygen atoms in total. The summed E-state index contributed by atoms with van der Waals surface area (Å²) in [6, 6.07) is 14.6.